The molecular formula is C18H23N3O3. The molecule has 1 heterocycles. The third-order valence-corrected chi connectivity index (χ3v) is 3.76. The average molecular weight is 329 g/mol. The number of carbonyl (C=O) groups excluding carboxylic acids is 2. The van der Waals surface area contributed by atoms with Gasteiger partial charge in [-0.15, -0.1) is 0 Å². The molecule has 0 aromatic heterocycles. The number of nitrogens with zero attached hydrogens (tertiary/aromatic N) is 2. The third-order valence-electron chi connectivity index (χ3n) is 3.76. The maximum Gasteiger partial charge on any atom is 0.407 e. The van der Waals surface area contributed by atoms with E-state index < -0.39 is 11.7 Å². The Hall–Kier alpha value is -2.55. The first kappa shape index (κ1) is 17.8. The van der Waals surface area contributed by atoms with Crippen molar-refractivity contribution < 1.29 is 14.3 Å². The van der Waals surface area contributed by atoms with Crippen LogP contribution in [0.15, 0.2) is 18.2 Å². The van der Waals surface area contributed by atoms with Crippen LogP contribution in [0.5, 0.6) is 0 Å². The highest BCUT2D eigenvalue weighted by Crippen LogP contribution is 2.25. The molecule has 1 atom stereocenters. The number of alkyl carbamates (subject to hydrolysis) is 1. The van der Waals surface area contributed by atoms with Crippen molar-refractivity contribution in [3.8, 4) is 6.07 Å². The molecule has 24 heavy (non-hydrogen) atoms. The Labute approximate surface area is 142 Å². The number of carbonyl (C=O) groups is 2. The second-order valence-electron chi connectivity index (χ2n) is 6.94. The molecule has 128 valence electrons. The SMILES string of the molecule is CC(C)(C)OC(=O)N[C@H]1CCCN(c2ccc(C=O)cc2C#N)C1. The fourth-order valence-electron chi connectivity index (χ4n) is 2.78. The zero-order chi connectivity index (χ0) is 17.7. The van der Waals surface area contributed by atoms with Gasteiger partial charge in [0.05, 0.1) is 11.3 Å². The molecule has 1 aromatic rings. The topological polar surface area (TPSA) is 82.4 Å². The molecule has 0 radical (unpaired) electrons. The second-order valence-corrected chi connectivity index (χ2v) is 6.94. The van der Waals surface area contributed by atoms with E-state index in [1.807, 2.05) is 20.8 Å². The number of hydrogen-bond donors (Lipinski definition) is 1. The van der Waals surface area contributed by atoms with E-state index >= 15 is 0 Å². The number of hydrogen-bond acceptors (Lipinski definition) is 5. The molecule has 0 spiro atoms. The molecule has 2 rings (SSSR count). The average Bonchev–Trinajstić information content (AvgIpc) is 2.52. The predicted octanol–water partition coefficient (Wildman–Crippen LogP) is 2.86. The Morgan fingerprint density at radius 2 is 2.21 bits per heavy atom. The van der Waals surface area contributed by atoms with Crippen LogP contribution in [0.4, 0.5) is 10.5 Å². The Kier molecular flexibility index (Phi) is 5.45. The molecule has 1 N–H and O–H groups in total. The van der Waals surface area contributed by atoms with Crippen LogP contribution in [0.1, 0.15) is 49.5 Å². The van der Waals surface area contributed by atoms with Crippen molar-refractivity contribution in [3.05, 3.63) is 29.3 Å². The molecule has 1 aromatic carbocycles. The number of benzene rings is 1. The van der Waals surface area contributed by atoms with Crippen LogP contribution < -0.4 is 10.2 Å². The zero-order valence-corrected chi connectivity index (χ0v) is 14.3. The van der Waals surface area contributed by atoms with E-state index in [1.54, 1.807) is 18.2 Å². The zero-order valence-electron chi connectivity index (χ0n) is 14.3. The first-order valence-electron chi connectivity index (χ1n) is 8.06. The van der Waals surface area contributed by atoms with Gasteiger partial charge in [-0.2, -0.15) is 5.26 Å². The summed E-state index contributed by atoms with van der Waals surface area (Å²) in [7, 11) is 0. The molecule has 1 saturated heterocycles. The van der Waals surface area contributed by atoms with E-state index in [4.69, 9.17) is 4.74 Å². The Morgan fingerprint density at radius 1 is 1.46 bits per heavy atom. The number of amides is 1. The predicted molar refractivity (Wildman–Crippen MR) is 91.1 cm³/mol. The lowest BCUT2D eigenvalue weighted by Gasteiger charge is -2.35. The maximum absolute atomic E-state index is 11.9. The van der Waals surface area contributed by atoms with Gasteiger partial charge in [-0.25, -0.2) is 4.79 Å². The standard InChI is InChI=1S/C18H23N3O3/c1-18(2,3)24-17(23)20-15-5-4-8-21(11-15)16-7-6-13(12-22)9-14(16)10-19/h6-7,9,12,15H,4-5,8,11H2,1-3H3,(H,20,23)/t15-/m0/s1. The van der Waals surface area contributed by atoms with E-state index in [0.717, 1.165) is 31.4 Å². The summed E-state index contributed by atoms with van der Waals surface area (Å²) < 4.78 is 5.30. The van der Waals surface area contributed by atoms with Crippen molar-refractivity contribution >= 4 is 18.1 Å². The summed E-state index contributed by atoms with van der Waals surface area (Å²) in [5.74, 6) is 0. The van der Waals surface area contributed by atoms with Gasteiger partial charge in [-0.1, -0.05) is 0 Å². The van der Waals surface area contributed by atoms with Gasteiger partial charge in [0.1, 0.15) is 18.0 Å². The van der Waals surface area contributed by atoms with Crippen LogP contribution in [0.2, 0.25) is 0 Å². The highest BCUT2D eigenvalue weighted by Gasteiger charge is 2.25. The van der Waals surface area contributed by atoms with Crippen molar-refractivity contribution in [1.29, 1.82) is 5.26 Å². The lowest BCUT2D eigenvalue weighted by atomic mass is 10.0. The van der Waals surface area contributed by atoms with Crippen molar-refractivity contribution in [3.63, 3.8) is 0 Å². The number of nitriles is 1. The Morgan fingerprint density at radius 3 is 2.83 bits per heavy atom. The first-order chi connectivity index (χ1) is 11.3. The van der Waals surface area contributed by atoms with E-state index in [9.17, 15) is 14.9 Å². The minimum absolute atomic E-state index is 0.0362. The van der Waals surface area contributed by atoms with Gasteiger partial charge in [-0.05, 0) is 51.8 Å². The number of ether oxygens (including phenoxy) is 1. The maximum atomic E-state index is 11.9. The van der Waals surface area contributed by atoms with Gasteiger partial charge in [0.15, 0.2) is 0 Å². The van der Waals surface area contributed by atoms with Crippen molar-refractivity contribution in [2.45, 2.75) is 45.3 Å². The van der Waals surface area contributed by atoms with E-state index in [0.29, 0.717) is 17.7 Å². The minimum Gasteiger partial charge on any atom is -0.444 e. The van der Waals surface area contributed by atoms with Gasteiger partial charge < -0.3 is 15.0 Å². The smallest absolute Gasteiger partial charge is 0.407 e. The van der Waals surface area contributed by atoms with Crippen LogP contribution >= 0.6 is 0 Å². The van der Waals surface area contributed by atoms with Crippen LogP contribution in [0.3, 0.4) is 0 Å². The second kappa shape index (κ2) is 7.35. The number of nitrogens with one attached hydrogen (secondary N) is 1. The molecule has 1 aliphatic heterocycles. The normalized spacial score (nSPS) is 17.8. The van der Waals surface area contributed by atoms with Crippen LogP contribution in [0.25, 0.3) is 0 Å². The molecule has 0 saturated carbocycles. The lowest BCUT2D eigenvalue weighted by molar-refractivity contribution is 0.0500. The molecule has 0 aliphatic carbocycles. The van der Waals surface area contributed by atoms with Crippen molar-refractivity contribution in [1.82, 2.24) is 5.32 Å². The molecule has 6 nitrogen and oxygen atoms in total. The van der Waals surface area contributed by atoms with Crippen LogP contribution in [-0.4, -0.2) is 37.1 Å². The summed E-state index contributed by atoms with van der Waals surface area (Å²) in [4.78, 5) is 24.9. The summed E-state index contributed by atoms with van der Waals surface area (Å²) >= 11 is 0. The molecule has 0 bridgehead atoms. The molecule has 1 amide bonds. The molecule has 0 unspecified atom stereocenters. The quantitative estimate of drug-likeness (QED) is 0.862. The Balaban J connectivity index is 2.07. The number of anilines is 1. The minimum atomic E-state index is -0.531. The summed E-state index contributed by atoms with van der Waals surface area (Å²) in [6.07, 6.45) is 2.07. The van der Waals surface area contributed by atoms with Gasteiger partial charge >= 0.3 is 6.09 Å². The van der Waals surface area contributed by atoms with Gasteiger partial charge in [-0.3, -0.25) is 4.79 Å². The molecule has 6 heteroatoms. The largest absolute Gasteiger partial charge is 0.444 e. The highest BCUT2D eigenvalue weighted by molar-refractivity contribution is 5.78. The third kappa shape index (κ3) is 4.72. The van der Waals surface area contributed by atoms with Crippen LogP contribution in [0, 0.1) is 11.3 Å². The van der Waals surface area contributed by atoms with Crippen LogP contribution in [-0.2, 0) is 4.74 Å². The highest BCUT2D eigenvalue weighted by atomic mass is 16.6. The number of aldehydes is 1. The van der Waals surface area contributed by atoms with Gasteiger partial charge in [0, 0.05) is 24.7 Å². The Bertz CT molecular complexity index is 658. The lowest BCUT2D eigenvalue weighted by Crippen LogP contribution is -2.49. The summed E-state index contributed by atoms with van der Waals surface area (Å²) in [6.45, 7) is 6.89. The van der Waals surface area contributed by atoms with E-state index in [1.165, 1.54) is 0 Å². The number of piperidine rings is 1. The van der Waals surface area contributed by atoms with E-state index in [2.05, 4.69) is 16.3 Å². The first-order valence-corrected chi connectivity index (χ1v) is 8.06. The monoisotopic (exact) mass is 329 g/mol. The fraction of sp³-hybridized carbons (Fsp3) is 0.500. The number of rotatable bonds is 3. The van der Waals surface area contributed by atoms with Gasteiger partial charge in [0.2, 0.25) is 0 Å². The van der Waals surface area contributed by atoms with Crippen molar-refractivity contribution in [2.24, 2.45) is 0 Å². The fourth-order valence-corrected chi connectivity index (χ4v) is 2.78. The summed E-state index contributed by atoms with van der Waals surface area (Å²) in [5.41, 5.74) is 1.21. The van der Waals surface area contributed by atoms with Gasteiger partial charge in [0.25, 0.3) is 0 Å². The van der Waals surface area contributed by atoms with E-state index in [-0.39, 0.29) is 6.04 Å². The molecule has 1 aliphatic rings. The molecule has 1 fully saturated rings. The molecular weight excluding hydrogens is 306 g/mol. The summed E-state index contributed by atoms with van der Waals surface area (Å²) in [5, 5.41) is 12.2. The summed E-state index contributed by atoms with van der Waals surface area (Å²) in [6, 6.07) is 7.19. The van der Waals surface area contributed by atoms with Crippen molar-refractivity contribution in [2.75, 3.05) is 18.0 Å².